The highest BCUT2D eigenvalue weighted by Crippen LogP contribution is 2.25. The van der Waals surface area contributed by atoms with Gasteiger partial charge in [-0.1, -0.05) is 20.8 Å². The Bertz CT molecular complexity index is 643. The summed E-state index contributed by atoms with van der Waals surface area (Å²) in [4.78, 5) is 20.0. The van der Waals surface area contributed by atoms with Gasteiger partial charge in [-0.2, -0.15) is 0 Å². The van der Waals surface area contributed by atoms with Crippen molar-refractivity contribution in [2.45, 2.75) is 27.2 Å². The van der Waals surface area contributed by atoms with E-state index < -0.39 is 11.9 Å². The normalized spacial score (nSPS) is 13.3. The van der Waals surface area contributed by atoms with Gasteiger partial charge in [0.1, 0.15) is 5.52 Å². The van der Waals surface area contributed by atoms with Crippen LogP contribution in [0.5, 0.6) is 0 Å². The van der Waals surface area contributed by atoms with Gasteiger partial charge in [-0.05, 0) is 17.9 Å². The Morgan fingerprint density at radius 1 is 1.43 bits per heavy atom. The molecule has 21 heavy (non-hydrogen) atoms. The lowest BCUT2D eigenvalue weighted by atomic mass is 9.84. The van der Waals surface area contributed by atoms with Crippen LogP contribution in [0.1, 0.15) is 27.2 Å². The van der Waals surface area contributed by atoms with Crippen molar-refractivity contribution < 1.29 is 9.90 Å². The molecular formula is C15H22N4O2. The maximum Gasteiger partial charge on any atom is 0.308 e. The van der Waals surface area contributed by atoms with E-state index in [2.05, 4.69) is 15.3 Å². The fourth-order valence-electron chi connectivity index (χ4n) is 2.40. The number of rotatable bonds is 5. The number of carbonyl (C=O) groups is 1. The number of fused-ring (bicyclic) bond motifs is 1. The molecule has 2 rings (SSSR count). The predicted octanol–water partition coefficient (Wildman–Crippen LogP) is 2.52. The molecule has 0 radical (unpaired) electrons. The topological polar surface area (TPSA) is 80.0 Å². The second-order valence-corrected chi connectivity index (χ2v) is 6.56. The number of pyridine rings is 1. The first-order valence-corrected chi connectivity index (χ1v) is 7.00. The maximum atomic E-state index is 11.4. The average molecular weight is 290 g/mol. The predicted molar refractivity (Wildman–Crippen MR) is 82.2 cm³/mol. The summed E-state index contributed by atoms with van der Waals surface area (Å²) in [7, 11) is 1.92. The van der Waals surface area contributed by atoms with E-state index in [9.17, 15) is 9.90 Å². The Morgan fingerprint density at radius 3 is 2.76 bits per heavy atom. The highest BCUT2D eigenvalue weighted by atomic mass is 16.4. The van der Waals surface area contributed by atoms with Gasteiger partial charge in [0.05, 0.1) is 17.8 Å². The fourth-order valence-corrected chi connectivity index (χ4v) is 2.40. The van der Waals surface area contributed by atoms with Crippen LogP contribution in [0.25, 0.3) is 11.0 Å². The monoisotopic (exact) mass is 290 g/mol. The van der Waals surface area contributed by atoms with Gasteiger partial charge < -0.3 is 15.0 Å². The summed E-state index contributed by atoms with van der Waals surface area (Å²) in [6, 6.07) is 1.89. The first kappa shape index (κ1) is 15.3. The van der Waals surface area contributed by atoms with Gasteiger partial charge >= 0.3 is 5.97 Å². The number of anilines is 1. The molecule has 2 aromatic rings. The second kappa shape index (κ2) is 5.71. The lowest BCUT2D eigenvalue weighted by Gasteiger charge is -2.23. The number of aromatic nitrogens is 3. The average Bonchev–Trinajstić information content (AvgIpc) is 2.75. The van der Waals surface area contributed by atoms with E-state index in [4.69, 9.17) is 0 Å². The van der Waals surface area contributed by atoms with Crippen molar-refractivity contribution in [1.82, 2.24) is 14.5 Å². The molecule has 0 saturated heterocycles. The van der Waals surface area contributed by atoms with Crippen LogP contribution in [0.15, 0.2) is 18.6 Å². The minimum absolute atomic E-state index is 0.0326. The highest BCUT2D eigenvalue weighted by molar-refractivity contribution is 5.85. The molecule has 6 heteroatoms. The van der Waals surface area contributed by atoms with Crippen LogP contribution in [0.3, 0.4) is 0 Å². The first-order chi connectivity index (χ1) is 9.78. The zero-order valence-electron chi connectivity index (χ0n) is 12.9. The zero-order valence-corrected chi connectivity index (χ0v) is 12.9. The van der Waals surface area contributed by atoms with E-state index in [1.54, 1.807) is 12.5 Å². The first-order valence-electron chi connectivity index (χ1n) is 7.00. The number of hydrogen-bond acceptors (Lipinski definition) is 4. The van der Waals surface area contributed by atoms with E-state index in [0.717, 1.165) is 11.0 Å². The van der Waals surface area contributed by atoms with Crippen molar-refractivity contribution in [2.75, 3.05) is 11.9 Å². The van der Waals surface area contributed by atoms with Crippen molar-refractivity contribution in [2.24, 2.45) is 18.4 Å². The molecule has 0 amide bonds. The third kappa shape index (κ3) is 3.71. The lowest BCUT2D eigenvalue weighted by Crippen LogP contribution is -2.27. The highest BCUT2D eigenvalue weighted by Gasteiger charge is 2.24. The van der Waals surface area contributed by atoms with Crippen molar-refractivity contribution in [3.8, 4) is 0 Å². The molecule has 0 aliphatic heterocycles. The summed E-state index contributed by atoms with van der Waals surface area (Å²) in [6.07, 6.45) is 4.03. The third-order valence-corrected chi connectivity index (χ3v) is 3.37. The van der Waals surface area contributed by atoms with Crippen molar-refractivity contribution >= 4 is 22.8 Å². The van der Waals surface area contributed by atoms with E-state index >= 15 is 0 Å². The SMILES string of the molecule is Cn1cnc2c(NCC(CC(C)(C)C)C(=O)O)nccc21. The Morgan fingerprint density at radius 2 is 2.14 bits per heavy atom. The minimum Gasteiger partial charge on any atom is -0.481 e. The molecule has 1 unspecified atom stereocenters. The Hall–Kier alpha value is -2.11. The summed E-state index contributed by atoms with van der Waals surface area (Å²) in [5.74, 6) is -0.607. The van der Waals surface area contributed by atoms with Crippen molar-refractivity contribution in [3.05, 3.63) is 18.6 Å². The van der Waals surface area contributed by atoms with E-state index in [0.29, 0.717) is 18.8 Å². The van der Waals surface area contributed by atoms with Gasteiger partial charge in [-0.15, -0.1) is 0 Å². The molecule has 114 valence electrons. The summed E-state index contributed by atoms with van der Waals surface area (Å²) < 4.78 is 1.91. The quantitative estimate of drug-likeness (QED) is 0.884. The number of aliphatic carboxylic acids is 1. The molecule has 0 fully saturated rings. The fraction of sp³-hybridized carbons (Fsp3) is 0.533. The van der Waals surface area contributed by atoms with Crippen LogP contribution in [0.4, 0.5) is 5.82 Å². The number of aryl methyl sites for hydroxylation is 1. The summed E-state index contributed by atoms with van der Waals surface area (Å²) in [6.45, 7) is 6.47. The number of imidazole rings is 1. The van der Waals surface area contributed by atoms with Crippen molar-refractivity contribution in [1.29, 1.82) is 0 Å². The number of nitrogens with zero attached hydrogens (tertiary/aromatic N) is 3. The van der Waals surface area contributed by atoms with Crippen LogP contribution < -0.4 is 5.32 Å². The smallest absolute Gasteiger partial charge is 0.308 e. The molecule has 0 aliphatic carbocycles. The van der Waals surface area contributed by atoms with Crippen LogP contribution in [0, 0.1) is 11.3 Å². The van der Waals surface area contributed by atoms with Gasteiger partial charge in [0.15, 0.2) is 5.82 Å². The Kier molecular flexibility index (Phi) is 4.16. The van der Waals surface area contributed by atoms with Gasteiger partial charge in [-0.3, -0.25) is 4.79 Å². The van der Waals surface area contributed by atoms with Crippen LogP contribution in [-0.4, -0.2) is 32.2 Å². The second-order valence-electron chi connectivity index (χ2n) is 6.56. The standard InChI is InChI=1S/C15H22N4O2/c1-15(2,3)7-10(14(20)21)8-17-13-12-11(5-6-16-13)19(4)9-18-12/h5-6,9-10H,7-8H2,1-4H3,(H,16,17)(H,20,21). The third-order valence-electron chi connectivity index (χ3n) is 3.37. The van der Waals surface area contributed by atoms with Gasteiger partial charge in [0.2, 0.25) is 0 Å². The number of carboxylic acid groups (broad SMARTS) is 1. The van der Waals surface area contributed by atoms with E-state index in [1.165, 1.54) is 0 Å². The van der Waals surface area contributed by atoms with Gasteiger partial charge in [-0.25, -0.2) is 9.97 Å². The summed E-state index contributed by atoms with van der Waals surface area (Å²) >= 11 is 0. The Labute approximate surface area is 124 Å². The molecular weight excluding hydrogens is 268 g/mol. The summed E-state index contributed by atoms with van der Waals surface area (Å²) in [5, 5.41) is 12.5. The molecule has 1 atom stereocenters. The molecule has 0 saturated carbocycles. The van der Waals surface area contributed by atoms with Crippen LogP contribution in [-0.2, 0) is 11.8 Å². The molecule has 0 bridgehead atoms. The molecule has 0 aliphatic rings. The molecule has 0 aromatic carbocycles. The molecule has 2 N–H and O–H groups in total. The summed E-state index contributed by atoms with van der Waals surface area (Å²) in [5.41, 5.74) is 1.70. The molecule has 0 spiro atoms. The molecule has 6 nitrogen and oxygen atoms in total. The van der Waals surface area contributed by atoms with Crippen LogP contribution >= 0.6 is 0 Å². The van der Waals surface area contributed by atoms with Gasteiger partial charge in [0, 0.05) is 19.8 Å². The largest absolute Gasteiger partial charge is 0.481 e. The lowest BCUT2D eigenvalue weighted by molar-refractivity contribution is -0.142. The van der Waals surface area contributed by atoms with E-state index in [1.807, 2.05) is 38.5 Å². The van der Waals surface area contributed by atoms with Crippen molar-refractivity contribution in [3.63, 3.8) is 0 Å². The van der Waals surface area contributed by atoms with E-state index in [-0.39, 0.29) is 5.41 Å². The maximum absolute atomic E-state index is 11.4. The zero-order chi connectivity index (χ0) is 15.6. The number of carboxylic acids is 1. The number of hydrogen-bond donors (Lipinski definition) is 2. The molecule has 2 heterocycles. The number of nitrogens with one attached hydrogen (secondary N) is 1. The Balaban J connectivity index is 2.14. The van der Waals surface area contributed by atoms with Gasteiger partial charge in [0.25, 0.3) is 0 Å². The van der Waals surface area contributed by atoms with Crippen LogP contribution in [0.2, 0.25) is 0 Å². The minimum atomic E-state index is -0.786. The molecule has 2 aromatic heterocycles.